The van der Waals surface area contributed by atoms with E-state index >= 15 is 0 Å². The molecule has 0 aromatic rings. The maximum absolute atomic E-state index is 9.31. The van der Waals surface area contributed by atoms with E-state index in [1.165, 1.54) is 0 Å². The van der Waals surface area contributed by atoms with Gasteiger partial charge in [0.15, 0.2) is 0 Å². The van der Waals surface area contributed by atoms with Gasteiger partial charge in [0.05, 0.1) is 12.7 Å². The van der Waals surface area contributed by atoms with E-state index in [9.17, 15) is 5.11 Å². The summed E-state index contributed by atoms with van der Waals surface area (Å²) in [5.74, 6) is 0. The molecule has 2 atom stereocenters. The second-order valence-electron chi connectivity index (χ2n) is 4.07. The Hall–Kier alpha value is -0.160. The Morgan fingerprint density at radius 3 is 2.64 bits per heavy atom. The molecule has 14 heavy (non-hydrogen) atoms. The third-order valence-corrected chi connectivity index (χ3v) is 2.94. The maximum Gasteiger partial charge on any atom is 0.0897 e. The molecule has 1 aliphatic rings. The number of likely N-dealkylation sites (N-methyl/N-ethyl adjacent to an activating group) is 1. The lowest BCUT2D eigenvalue weighted by Crippen LogP contribution is -2.53. The first kappa shape index (κ1) is 11.9. The van der Waals surface area contributed by atoms with Crippen LogP contribution >= 0.6 is 0 Å². The molecular formula is C10H22N2O2. The van der Waals surface area contributed by atoms with Crippen LogP contribution in [0, 0.1) is 0 Å². The molecule has 2 unspecified atom stereocenters. The van der Waals surface area contributed by atoms with E-state index in [1.807, 2.05) is 0 Å². The highest BCUT2D eigenvalue weighted by atomic mass is 16.3. The molecule has 1 heterocycles. The highest BCUT2D eigenvalue weighted by molar-refractivity contribution is 4.79. The first-order valence-electron chi connectivity index (χ1n) is 5.42. The monoisotopic (exact) mass is 202 g/mol. The molecule has 0 aromatic heterocycles. The summed E-state index contributed by atoms with van der Waals surface area (Å²) in [5, 5.41) is 18.1. The number of aliphatic hydroxyl groups excluding tert-OH is 2. The van der Waals surface area contributed by atoms with Gasteiger partial charge in [0.25, 0.3) is 0 Å². The molecule has 0 aromatic carbocycles. The SMILES string of the molecule is CCN1CCN(CC(O)CO)CC1C. The summed E-state index contributed by atoms with van der Waals surface area (Å²) in [7, 11) is 0. The van der Waals surface area contributed by atoms with Crippen molar-refractivity contribution in [3.63, 3.8) is 0 Å². The molecule has 0 saturated carbocycles. The molecule has 1 aliphatic heterocycles. The van der Waals surface area contributed by atoms with Crippen molar-refractivity contribution in [1.29, 1.82) is 0 Å². The maximum atomic E-state index is 9.31. The van der Waals surface area contributed by atoms with E-state index in [0.29, 0.717) is 12.6 Å². The molecule has 84 valence electrons. The van der Waals surface area contributed by atoms with Crippen LogP contribution in [0.25, 0.3) is 0 Å². The Morgan fingerprint density at radius 2 is 2.14 bits per heavy atom. The predicted molar refractivity (Wildman–Crippen MR) is 56.2 cm³/mol. The fourth-order valence-electron chi connectivity index (χ4n) is 2.06. The van der Waals surface area contributed by atoms with Crippen LogP contribution in [0.1, 0.15) is 13.8 Å². The highest BCUT2D eigenvalue weighted by Crippen LogP contribution is 2.08. The minimum atomic E-state index is -0.588. The van der Waals surface area contributed by atoms with Gasteiger partial charge in [0, 0.05) is 32.2 Å². The molecule has 4 nitrogen and oxygen atoms in total. The second-order valence-corrected chi connectivity index (χ2v) is 4.07. The van der Waals surface area contributed by atoms with Crippen molar-refractivity contribution in [3.8, 4) is 0 Å². The number of rotatable bonds is 4. The minimum Gasteiger partial charge on any atom is -0.394 e. The first-order valence-corrected chi connectivity index (χ1v) is 5.42. The largest absolute Gasteiger partial charge is 0.394 e. The van der Waals surface area contributed by atoms with E-state index in [0.717, 1.165) is 26.2 Å². The summed E-state index contributed by atoms with van der Waals surface area (Å²) in [4.78, 5) is 4.65. The topological polar surface area (TPSA) is 46.9 Å². The summed E-state index contributed by atoms with van der Waals surface area (Å²) < 4.78 is 0. The van der Waals surface area contributed by atoms with Crippen molar-refractivity contribution in [1.82, 2.24) is 9.80 Å². The van der Waals surface area contributed by atoms with E-state index in [-0.39, 0.29) is 6.61 Å². The fraction of sp³-hybridized carbons (Fsp3) is 1.00. The van der Waals surface area contributed by atoms with E-state index in [4.69, 9.17) is 5.11 Å². The number of hydrogen-bond acceptors (Lipinski definition) is 4. The van der Waals surface area contributed by atoms with Gasteiger partial charge in [-0.1, -0.05) is 6.92 Å². The Kier molecular flexibility index (Phi) is 4.81. The minimum absolute atomic E-state index is 0.137. The average Bonchev–Trinajstić information content (AvgIpc) is 2.18. The van der Waals surface area contributed by atoms with Crippen LogP contribution in [0.5, 0.6) is 0 Å². The van der Waals surface area contributed by atoms with Crippen LogP contribution in [0.15, 0.2) is 0 Å². The summed E-state index contributed by atoms with van der Waals surface area (Å²) in [6.45, 7) is 8.99. The van der Waals surface area contributed by atoms with Crippen LogP contribution in [0.3, 0.4) is 0 Å². The highest BCUT2D eigenvalue weighted by Gasteiger charge is 2.23. The van der Waals surface area contributed by atoms with E-state index in [1.54, 1.807) is 0 Å². The molecule has 2 N–H and O–H groups in total. The van der Waals surface area contributed by atoms with Gasteiger partial charge >= 0.3 is 0 Å². The van der Waals surface area contributed by atoms with Gasteiger partial charge in [-0.05, 0) is 13.5 Å². The quantitative estimate of drug-likeness (QED) is 0.637. The molecule has 0 amide bonds. The van der Waals surface area contributed by atoms with E-state index < -0.39 is 6.10 Å². The molecule has 4 heteroatoms. The molecule has 0 bridgehead atoms. The van der Waals surface area contributed by atoms with Crippen LogP contribution in [0.2, 0.25) is 0 Å². The molecule has 0 spiro atoms. The third-order valence-electron chi connectivity index (χ3n) is 2.94. The van der Waals surface area contributed by atoms with Crippen molar-refractivity contribution in [2.24, 2.45) is 0 Å². The summed E-state index contributed by atoms with van der Waals surface area (Å²) in [6.07, 6.45) is -0.588. The van der Waals surface area contributed by atoms with E-state index in [2.05, 4.69) is 23.6 Å². The molecule has 0 radical (unpaired) electrons. The van der Waals surface area contributed by atoms with Gasteiger partial charge in [-0.25, -0.2) is 0 Å². The van der Waals surface area contributed by atoms with Crippen molar-refractivity contribution >= 4 is 0 Å². The van der Waals surface area contributed by atoms with Crippen LogP contribution < -0.4 is 0 Å². The summed E-state index contributed by atoms with van der Waals surface area (Å²) >= 11 is 0. The smallest absolute Gasteiger partial charge is 0.0897 e. The van der Waals surface area contributed by atoms with Gasteiger partial charge in [-0.3, -0.25) is 9.80 Å². The summed E-state index contributed by atoms with van der Waals surface area (Å²) in [5.41, 5.74) is 0. The standard InChI is InChI=1S/C10H22N2O2/c1-3-12-5-4-11(6-9(12)2)7-10(14)8-13/h9-10,13-14H,3-8H2,1-2H3. The number of piperazine rings is 1. The lowest BCUT2D eigenvalue weighted by molar-refractivity contribution is 0.0249. The molecule has 1 saturated heterocycles. The zero-order valence-corrected chi connectivity index (χ0v) is 9.19. The Labute approximate surface area is 86.1 Å². The number of nitrogens with zero attached hydrogens (tertiary/aromatic N) is 2. The number of hydrogen-bond donors (Lipinski definition) is 2. The Morgan fingerprint density at radius 1 is 1.43 bits per heavy atom. The van der Waals surface area contributed by atoms with Crippen LogP contribution in [-0.4, -0.2) is 71.5 Å². The van der Waals surface area contributed by atoms with Crippen LogP contribution in [0.4, 0.5) is 0 Å². The third kappa shape index (κ3) is 3.20. The lowest BCUT2D eigenvalue weighted by Gasteiger charge is -2.39. The fourth-order valence-corrected chi connectivity index (χ4v) is 2.06. The van der Waals surface area contributed by atoms with Crippen molar-refractivity contribution < 1.29 is 10.2 Å². The average molecular weight is 202 g/mol. The molecule has 0 aliphatic carbocycles. The molecular weight excluding hydrogens is 180 g/mol. The van der Waals surface area contributed by atoms with Gasteiger partial charge in [0.2, 0.25) is 0 Å². The molecule has 1 rings (SSSR count). The van der Waals surface area contributed by atoms with Gasteiger partial charge in [-0.2, -0.15) is 0 Å². The summed E-state index contributed by atoms with van der Waals surface area (Å²) in [6, 6.07) is 0.555. The number of aliphatic hydroxyl groups is 2. The van der Waals surface area contributed by atoms with Crippen molar-refractivity contribution in [2.75, 3.05) is 39.3 Å². The lowest BCUT2D eigenvalue weighted by atomic mass is 10.2. The Bertz CT molecular complexity index is 166. The predicted octanol–water partition coefficient (Wildman–Crippen LogP) is -0.634. The first-order chi connectivity index (χ1) is 6.67. The van der Waals surface area contributed by atoms with Gasteiger partial charge in [0.1, 0.15) is 0 Å². The van der Waals surface area contributed by atoms with Crippen molar-refractivity contribution in [3.05, 3.63) is 0 Å². The zero-order valence-electron chi connectivity index (χ0n) is 9.19. The Balaban J connectivity index is 2.31. The van der Waals surface area contributed by atoms with Gasteiger partial charge in [-0.15, -0.1) is 0 Å². The van der Waals surface area contributed by atoms with Gasteiger partial charge < -0.3 is 10.2 Å². The normalized spacial score (nSPS) is 27.9. The zero-order chi connectivity index (χ0) is 10.6. The van der Waals surface area contributed by atoms with Crippen molar-refractivity contribution in [2.45, 2.75) is 26.0 Å². The number of β-amino-alcohol motifs (C(OH)–C–C–N with tert-alkyl or cyclic N) is 1. The molecule has 1 fully saturated rings. The second kappa shape index (κ2) is 5.66. The van der Waals surface area contributed by atoms with Crippen LogP contribution in [-0.2, 0) is 0 Å².